The molecule has 3 nitrogen and oxygen atoms in total. The van der Waals surface area contributed by atoms with Gasteiger partial charge in [0.1, 0.15) is 0 Å². The Labute approximate surface area is 235 Å². The largest absolute Gasteiger partial charge is 0.246 e. The summed E-state index contributed by atoms with van der Waals surface area (Å²) in [5.41, 5.74) is 7.28. The highest BCUT2D eigenvalue weighted by Gasteiger charge is 2.13. The number of benzene rings is 6. The summed E-state index contributed by atoms with van der Waals surface area (Å²) in [4.78, 5) is 5.14. The van der Waals surface area contributed by atoms with Crippen LogP contribution in [0, 0.1) is 0 Å². The molecule has 0 aliphatic heterocycles. The van der Waals surface area contributed by atoms with E-state index in [0.29, 0.717) is 0 Å². The van der Waals surface area contributed by atoms with Crippen LogP contribution in [0.3, 0.4) is 0 Å². The summed E-state index contributed by atoms with van der Waals surface area (Å²) in [6.07, 6.45) is 0. The minimum Gasteiger partial charge on any atom is -0.246 e. The lowest BCUT2D eigenvalue weighted by Gasteiger charge is -2.12. The molecule has 0 aliphatic carbocycles. The first-order valence-electron chi connectivity index (χ1n) is 13.9. The zero-order chi connectivity index (χ0) is 26.9. The summed E-state index contributed by atoms with van der Waals surface area (Å²) < 4.78 is 2.02. The number of hydrogen-bond acceptors (Lipinski definition) is 2. The molecule has 0 spiro atoms. The van der Waals surface area contributed by atoms with Gasteiger partial charge in [-0.1, -0.05) is 103 Å². The molecule has 0 bridgehead atoms. The van der Waals surface area contributed by atoms with Gasteiger partial charge in [-0.15, -0.1) is 0 Å². The Hall–Kier alpha value is -5.54. The maximum Gasteiger partial charge on any atom is 0.0934 e. The van der Waals surface area contributed by atoms with E-state index in [9.17, 15) is 0 Å². The van der Waals surface area contributed by atoms with Crippen LogP contribution in [0.2, 0.25) is 0 Å². The molecule has 6 aromatic carbocycles. The quantitative estimate of drug-likeness (QED) is 0.212. The maximum atomic E-state index is 5.14. The highest BCUT2D eigenvalue weighted by molar-refractivity contribution is 6.25. The van der Waals surface area contributed by atoms with Crippen LogP contribution in [-0.4, -0.2) is 14.6 Å². The second-order valence-electron chi connectivity index (χ2n) is 10.7. The molecular formula is C38H23N3. The Morgan fingerprint density at radius 1 is 0.415 bits per heavy atom. The SMILES string of the molecule is c1ccc2c(c1)nn1c(-c3ccc4ccc(-c5ccc6c7ccccc7c7ccccc7c6c5)cc4n3)cccc21. The molecule has 9 rings (SSSR count). The average Bonchev–Trinajstić information content (AvgIpc) is 3.43. The van der Waals surface area contributed by atoms with Crippen molar-refractivity contribution in [2.45, 2.75) is 0 Å². The number of fused-ring (bicyclic) bond motifs is 10. The number of aromatic nitrogens is 3. The minimum atomic E-state index is 0.907. The van der Waals surface area contributed by atoms with E-state index >= 15 is 0 Å². The van der Waals surface area contributed by atoms with Gasteiger partial charge in [0.25, 0.3) is 0 Å². The molecular weight excluding hydrogens is 498 g/mol. The Bertz CT molecular complexity index is 2450. The van der Waals surface area contributed by atoms with Crippen LogP contribution in [0.5, 0.6) is 0 Å². The van der Waals surface area contributed by atoms with Crippen LogP contribution in [0.25, 0.3) is 82.2 Å². The van der Waals surface area contributed by atoms with E-state index in [0.717, 1.165) is 44.3 Å². The first kappa shape index (κ1) is 22.3. The number of pyridine rings is 2. The third kappa shape index (κ3) is 3.33. The molecule has 190 valence electrons. The highest BCUT2D eigenvalue weighted by atomic mass is 15.2. The van der Waals surface area contributed by atoms with Crippen molar-refractivity contribution in [3.63, 3.8) is 0 Å². The van der Waals surface area contributed by atoms with Crippen LogP contribution in [0.4, 0.5) is 0 Å². The van der Waals surface area contributed by atoms with Gasteiger partial charge in [0.05, 0.1) is 27.9 Å². The van der Waals surface area contributed by atoms with Crippen LogP contribution >= 0.6 is 0 Å². The van der Waals surface area contributed by atoms with E-state index in [-0.39, 0.29) is 0 Å². The number of nitrogens with zero attached hydrogens (tertiary/aromatic N) is 3. The van der Waals surface area contributed by atoms with Crippen molar-refractivity contribution in [1.82, 2.24) is 14.6 Å². The third-order valence-corrected chi connectivity index (χ3v) is 8.38. The fraction of sp³-hybridized carbons (Fsp3) is 0. The van der Waals surface area contributed by atoms with E-state index < -0.39 is 0 Å². The summed E-state index contributed by atoms with van der Waals surface area (Å²) in [5, 5.41) is 14.9. The van der Waals surface area contributed by atoms with Gasteiger partial charge in [-0.05, 0) is 79.8 Å². The zero-order valence-corrected chi connectivity index (χ0v) is 22.1. The Kier molecular flexibility index (Phi) is 4.61. The van der Waals surface area contributed by atoms with Gasteiger partial charge in [-0.2, -0.15) is 5.10 Å². The monoisotopic (exact) mass is 521 g/mol. The predicted octanol–water partition coefficient (Wildman–Crippen LogP) is 9.83. The van der Waals surface area contributed by atoms with Crippen LogP contribution in [0.15, 0.2) is 140 Å². The first-order chi connectivity index (χ1) is 20.3. The zero-order valence-electron chi connectivity index (χ0n) is 22.1. The average molecular weight is 522 g/mol. The Morgan fingerprint density at radius 2 is 1.02 bits per heavy atom. The van der Waals surface area contributed by atoms with Crippen molar-refractivity contribution in [1.29, 1.82) is 0 Å². The Balaban J connectivity index is 1.22. The van der Waals surface area contributed by atoms with Gasteiger partial charge in [-0.3, -0.25) is 0 Å². The van der Waals surface area contributed by atoms with Crippen LogP contribution in [-0.2, 0) is 0 Å². The summed E-state index contributed by atoms with van der Waals surface area (Å²) in [6.45, 7) is 0. The van der Waals surface area contributed by atoms with Crippen molar-refractivity contribution < 1.29 is 0 Å². The molecule has 0 saturated heterocycles. The molecule has 0 radical (unpaired) electrons. The lowest BCUT2D eigenvalue weighted by molar-refractivity contribution is 0.984. The van der Waals surface area contributed by atoms with Crippen molar-refractivity contribution in [3.05, 3.63) is 140 Å². The van der Waals surface area contributed by atoms with Crippen molar-refractivity contribution in [2.75, 3.05) is 0 Å². The minimum absolute atomic E-state index is 0.907. The van der Waals surface area contributed by atoms with Gasteiger partial charge in [0.15, 0.2) is 0 Å². The number of hydrogen-bond donors (Lipinski definition) is 0. The lowest BCUT2D eigenvalue weighted by Crippen LogP contribution is -1.95. The third-order valence-electron chi connectivity index (χ3n) is 8.38. The van der Waals surface area contributed by atoms with E-state index in [1.54, 1.807) is 0 Å². The van der Waals surface area contributed by atoms with E-state index in [1.807, 2.05) is 10.6 Å². The molecule has 3 aromatic heterocycles. The summed E-state index contributed by atoms with van der Waals surface area (Å²) in [6, 6.07) is 49.7. The smallest absolute Gasteiger partial charge is 0.0934 e. The van der Waals surface area contributed by atoms with Crippen LogP contribution in [0.1, 0.15) is 0 Å². The molecule has 0 unspecified atom stereocenters. The summed E-state index contributed by atoms with van der Waals surface area (Å²) >= 11 is 0. The normalized spacial score (nSPS) is 11.9. The van der Waals surface area contributed by atoms with Crippen molar-refractivity contribution in [3.8, 4) is 22.5 Å². The number of rotatable bonds is 2. The second kappa shape index (κ2) is 8.48. The molecule has 0 saturated carbocycles. The lowest BCUT2D eigenvalue weighted by atomic mass is 9.92. The summed E-state index contributed by atoms with van der Waals surface area (Å²) in [5.74, 6) is 0. The predicted molar refractivity (Wildman–Crippen MR) is 171 cm³/mol. The molecule has 41 heavy (non-hydrogen) atoms. The van der Waals surface area contributed by atoms with Gasteiger partial charge in [-0.25, -0.2) is 9.50 Å². The van der Waals surface area contributed by atoms with Gasteiger partial charge >= 0.3 is 0 Å². The van der Waals surface area contributed by atoms with E-state index in [4.69, 9.17) is 10.1 Å². The van der Waals surface area contributed by atoms with Crippen LogP contribution < -0.4 is 0 Å². The second-order valence-corrected chi connectivity index (χ2v) is 10.7. The molecule has 9 aromatic rings. The molecule has 0 aliphatic rings. The van der Waals surface area contributed by atoms with Gasteiger partial charge in [0.2, 0.25) is 0 Å². The molecule has 3 heteroatoms. The van der Waals surface area contributed by atoms with Gasteiger partial charge in [0, 0.05) is 10.8 Å². The molecule has 0 atom stereocenters. The fourth-order valence-corrected chi connectivity index (χ4v) is 6.42. The Morgan fingerprint density at radius 3 is 1.80 bits per heavy atom. The van der Waals surface area contributed by atoms with Crippen molar-refractivity contribution >= 4 is 59.6 Å². The maximum absolute atomic E-state index is 5.14. The molecule has 0 fully saturated rings. The van der Waals surface area contributed by atoms with Crippen molar-refractivity contribution in [2.24, 2.45) is 0 Å². The topological polar surface area (TPSA) is 30.2 Å². The fourth-order valence-electron chi connectivity index (χ4n) is 6.42. The summed E-state index contributed by atoms with van der Waals surface area (Å²) in [7, 11) is 0. The molecule has 3 heterocycles. The van der Waals surface area contributed by atoms with E-state index in [1.165, 1.54) is 37.9 Å². The first-order valence-corrected chi connectivity index (χ1v) is 13.9. The standard InChI is InChI=1S/C38H23N3/c1-2-10-29-27(8-1)28-9-3-4-11-30(28)33-22-25(18-20-31(29)33)26-17-16-24-19-21-35(39-36(24)23-26)38-15-7-14-37-32-12-5-6-13-34(32)40-41(37)38/h1-23H. The highest BCUT2D eigenvalue weighted by Crippen LogP contribution is 2.37. The molecule has 0 amide bonds. The molecule has 0 N–H and O–H groups in total. The van der Waals surface area contributed by atoms with E-state index in [2.05, 4.69) is 133 Å². The van der Waals surface area contributed by atoms with Gasteiger partial charge < -0.3 is 0 Å².